The first kappa shape index (κ1) is 19.9. The fourth-order valence-electron chi connectivity index (χ4n) is 3.17. The Hall–Kier alpha value is -1.89. The van der Waals surface area contributed by atoms with Gasteiger partial charge in [0.1, 0.15) is 5.65 Å². The van der Waals surface area contributed by atoms with E-state index in [0.717, 1.165) is 23.1 Å². The molecule has 0 aliphatic carbocycles. The quantitative estimate of drug-likeness (QED) is 0.615. The number of fused-ring (bicyclic) bond motifs is 1. The molecule has 0 amide bonds. The van der Waals surface area contributed by atoms with Crippen molar-refractivity contribution < 1.29 is 8.42 Å². The van der Waals surface area contributed by atoms with E-state index in [-0.39, 0.29) is 5.75 Å². The van der Waals surface area contributed by atoms with Gasteiger partial charge in [-0.15, -0.1) is 0 Å². The van der Waals surface area contributed by atoms with E-state index >= 15 is 0 Å². The van der Waals surface area contributed by atoms with E-state index in [1.807, 2.05) is 12.1 Å². The standard InChI is InChI=1S/C20H24ClN3O2S/c1-15(2)12-24-13-17(19-7-4-9-22-20(19)24)8-10-23-27(25,26)14-16-5-3-6-18(21)11-16/h3-7,9,11,13,15,23H,8,10,12,14H2,1-2H3. The Morgan fingerprint density at radius 3 is 2.78 bits per heavy atom. The molecule has 0 spiro atoms. The van der Waals surface area contributed by atoms with Crippen LogP contribution < -0.4 is 4.72 Å². The number of rotatable bonds is 8. The Kier molecular flexibility index (Phi) is 6.19. The van der Waals surface area contributed by atoms with Crippen LogP contribution in [-0.4, -0.2) is 24.5 Å². The van der Waals surface area contributed by atoms with Crippen molar-refractivity contribution in [3.8, 4) is 0 Å². The predicted octanol–water partition coefficient (Wildman–Crippen LogP) is 4.01. The van der Waals surface area contributed by atoms with Gasteiger partial charge in [-0.2, -0.15) is 0 Å². The number of nitrogens with one attached hydrogen (secondary N) is 1. The largest absolute Gasteiger partial charge is 0.332 e. The first-order valence-electron chi connectivity index (χ1n) is 8.98. The average Bonchev–Trinajstić information content (AvgIpc) is 2.92. The second-order valence-corrected chi connectivity index (χ2v) is 9.35. The Labute approximate surface area is 165 Å². The lowest BCUT2D eigenvalue weighted by atomic mass is 10.2. The molecule has 0 fully saturated rings. The van der Waals surface area contributed by atoms with E-state index in [2.05, 4.69) is 34.3 Å². The maximum atomic E-state index is 12.3. The zero-order chi connectivity index (χ0) is 19.4. The SMILES string of the molecule is CC(C)Cn1cc(CCNS(=O)(=O)Cc2cccc(Cl)c2)c2cccnc21. The maximum Gasteiger partial charge on any atom is 0.215 e. The van der Waals surface area contributed by atoms with Crippen LogP contribution in [0.5, 0.6) is 0 Å². The summed E-state index contributed by atoms with van der Waals surface area (Å²) in [5.41, 5.74) is 2.72. The van der Waals surface area contributed by atoms with Gasteiger partial charge in [0.25, 0.3) is 0 Å². The molecule has 144 valence electrons. The summed E-state index contributed by atoms with van der Waals surface area (Å²) in [5.74, 6) is 0.427. The van der Waals surface area contributed by atoms with Crippen molar-refractivity contribution in [2.45, 2.75) is 32.6 Å². The molecule has 27 heavy (non-hydrogen) atoms. The van der Waals surface area contributed by atoms with Gasteiger partial charge in [-0.1, -0.05) is 37.6 Å². The van der Waals surface area contributed by atoms with Crippen molar-refractivity contribution in [2.24, 2.45) is 5.92 Å². The molecule has 2 heterocycles. The molecule has 0 radical (unpaired) electrons. The van der Waals surface area contributed by atoms with Crippen molar-refractivity contribution in [3.63, 3.8) is 0 Å². The van der Waals surface area contributed by atoms with Crippen molar-refractivity contribution in [1.29, 1.82) is 0 Å². The molecule has 7 heteroatoms. The fourth-order valence-corrected chi connectivity index (χ4v) is 4.51. The minimum Gasteiger partial charge on any atom is -0.332 e. The van der Waals surface area contributed by atoms with E-state index in [1.165, 1.54) is 0 Å². The summed E-state index contributed by atoms with van der Waals surface area (Å²) < 4.78 is 29.5. The minimum atomic E-state index is -3.42. The number of halogens is 1. The highest BCUT2D eigenvalue weighted by Gasteiger charge is 2.14. The molecule has 1 N–H and O–H groups in total. The Morgan fingerprint density at radius 1 is 1.22 bits per heavy atom. The highest BCUT2D eigenvalue weighted by Crippen LogP contribution is 2.21. The molecule has 0 aliphatic rings. The van der Waals surface area contributed by atoms with Crippen LogP contribution in [0.15, 0.2) is 48.8 Å². The molecule has 3 aromatic rings. The Morgan fingerprint density at radius 2 is 2.04 bits per heavy atom. The third kappa shape index (κ3) is 5.31. The molecule has 0 atom stereocenters. The highest BCUT2D eigenvalue weighted by atomic mass is 35.5. The van der Waals surface area contributed by atoms with Gasteiger partial charge in [0.2, 0.25) is 10.0 Å². The van der Waals surface area contributed by atoms with Crippen molar-refractivity contribution in [1.82, 2.24) is 14.3 Å². The average molecular weight is 406 g/mol. The van der Waals surface area contributed by atoms with Crippen LogP contribution in [0.3, 0.4) is 0 Å². The second kappa shape index (κ2) is 8.42. The first-order chi connectivity index (χ1) is 12.8. The third-order valence-electron chi connectivity index (χ3n) is 4.24. The smallest absolute Gasteiger partial charge is 0.215 e. The monoisotopic (exact) mass is 405 g/mol. The van der Waals surface area contributed by atoms with Gasteiger partial charge < -0.3 is 4.57 Å². The number of hydrogen-bond donors (Lipinski definition) is 1. The molecule has 5 nitrogen and oxygen atoms in total. The molecule has 0 saturated carbocycles. The summed E-state index contributed by atoms with van der Waals surface area (Å²) in [6, 6.07) is 10.9. The number of pyridine rings is 1. The zero-order valence-electron chi connectivity index (χ0n) is 15.5. The van der Waals surface area contributed by atoms with E-state index in [4.69, 9.17) is 11.6 Å². The van der Waals surface area contributed by atoms with Gasteiger partial charge in [-0.25, -0.2) is 18.1 Å². The summed E-state index contributed by atoms with van der Waals surface area (Å²) in [5, 5.41) is 1.61. The lowest BCUT2D eigenvalue weighted by molar-refractivity contribution is 0.532. The van der Waals surface area contributed by atoms with Crippen LogP contribution in [0, 0.1) is 5.92 Å². The van der Waals surface area contributed by atoms with Gasteiger partial charge >= 0.3 is 0 Å². The molecular formula is C20H24ClN3O2S. The van der Waals surface area contributed by atoms with Gasteiger partial charge in [-0.3, -0.25) is 0 Å². The first-order valence-corrected chi connectivity index (χ1v) is 11.0. The van der Waals surface area contributed by atoms with Crippen LogP contribution in [0.2, 0.25) is 5.02 Å². The molecule has 0 bridgehead atoms. The molecular weight excluding hydrogens is 382 g/mol. The number of hydrogen-bond acceptors (Lipinski definition) is 3. The topological polar surface area (TPSA) is 64.0 Å². The fraction of sp³-hybridized carbons (Fsp3) is 0.350. The Bertz CT molecular complexity index is 1030. The van der Waals surface area contributed by atoms with Crippen molar-refractivity contribution >= 4 is 32.7 Å². The van der Waals surface area contributed by atoms with Crippen LogP contribution in [0.1, 0.15) is 25.0 Å². The molecule has 2 aromatic heterocycles. The molecule has 0 unspecified atom stereocenters. The normalized spacial score (nSPS) is 12.1. The van der Waals surface area contributed by atoms with Gasteiger partial charge in [0, 0.05) is 35.9 Å². The van der Waals surface area contributed by atoms with Crippen LogP contribution in [0.4, 0.5) is 0 Å². The van der Waals surface area contributed by atoms with Crippen molar-refractivity contribution in [3.05, 3.63) is 64.9 Å². The van der Waals surface area contributed by atoms with Crippen LogP contribution in [0.25, 0.3) is 11.0 Å². The lowest BCUT2D eigenvalue weighted by Crippen LogP contribution is -2.27. The van der Waals surface area contributed by atoms with Crippen LogP contribution in [-0.2, 0) is 28.7 Å². The number of aromatic nitrogens is 2. The van der Waals surface area contributed by atoms with Gasteiger partial charge in [0.15, 0.2) is 0 Å². The molecule has 3 rings (SSSR count). The van der Waals surface area contributed by atoms with E-state index in [1.54, 1.807) is 30.5 Å². The predicted molar refractivity (Wildman–Crippen MR) is 110 cm³/mol. The minimum absolute atomic E-state index is 0.0791. The molecule has 1 aromatic carbocycles. The highest BCUT2D eigenvalue weighted by molar-refractivity contribution is 7.88. The number of benzene rings is 1. The summed E-state index contributed by atoms with van der Waals surface area (Å²) in [6.45, 7) is 5.56. The summed E-state index contributed by atoms with van der Waals surface area (Å²) in [6.07, 6.45) is 4.49. The third-order valence-corrected chi connectivity index (χ3v) is 5.83. The number of sulfonamides is 1. The van der Waals surface area contributed by atoms with Crippen molar-refractivity contribution in [2.75, 3.05) is 6.54 Å². The molecule has 0 aliphatic heterocycles. The maximum absolute atomic E-state index is 12.3. The van der Waals surface area contributed by atoms with Gasteiger partial charge in [0.05, 0.1) is 5.75 Å². The Balaban J connectivity index is 1.68. The summed E-state index contributed by atoms with van der Waals surface area (Å²) in [4.78, 5) is 4.49. The number of nitrogens with zero attached hydrogens (tertiary/aromatic N) is 2. The molecule has 0 saturated heterocycles. The lowest BCUT2D eigenvalue weighted by Gasteiger charge is -2.07. The summed E-state index contributed by atoms with van der Waals surface area (Å²) in [7, 11) is -3.42. The second-order valence-electron chi connectivity index (χ2n) is 7.11. The van der Waals surface area contributed by atoms with E-state index < -0.39 is 10.0 Å². The van der Waals surface area contributed by atoms with Gasteiger partial charge in [-0.05, 0) is 47.7 Å². The van der Waals surface area contributed by atoms with Crippen LogP contribution >= 0.6 is 11.6 Å². The summed E-state index contributed by atoms with van der Waals surface area (Å²) >= 11 is 5.93. The van der Waals surface area contributed by atoms with E-state index in [0.29, 0.717) is 29.5 Å². The zero-order valence-corrected chi connectivity index (χ0v) is 17.1. The van der Waals surface area contributed by atoms with E-state index in [9.17, 15) is 8.42 Å².